The lowest BCUT2D eigenvalue weighted by Gasteiger charge is -2.09. The van der Waals surface area contributed by atoms with Crippen LogP contribution in [0.15, 0.2) is 42.5 Å². The lowest BCUT2D eigenvalue weighted by Crippen LogP contribution is -1.98. The molecule has 3 nitrogen and oxygen atoms in total. The summed E-state index contributed by atoms with van der Waals surface area (Å²) in [5.41, 5.74) is 1.18. The zero-order chi connectivity index (χ0) is 13.1. The highest BCUT2D eigenvalue weighted by atomic mass is 19.1. The molecule has 0 spiro atoms. The van der Waals surface area contributed by atoms with Gasteiger partial charge in [-0.2, -0.15) is 0 Å². The monoisotopic (exact) mass is 245 g/mol. The predicted molar refractivity (Wildman–Crippen MR) is 67.8 cm³/mol. The van der Waals surface area contributed by atoms with Gasteiger partial charge in [0.25, 0.3) is 0 Å². The Kier molecular flexibility index (Phi) is 3.28. The molecule has 18 heavy (non-hydrogen) atoms. The molecule has 2 aromatic rings. The number of nitrogens with one attached hydrogen (secondary N) is 1. The Bertz CT molecular complexity index is 596. The van der Waals surface area contributed by atoms with Crippen molar-refractivity contribution in [3.05, 3.63) is 53.8 Å². The van der Waals surface area contributed by atoms with Crippen LogP contribution in [0.1, 0.15) is 17.3 Å². The summed E-state index contributed by atoms with van der Waals surface area (Å²) in [6, 6.07) is 10.5. The molecule has 0 unspecified atom stereocenters. The van der Waals surface area contributed by atoms with Crippen LogP contribution in [-0.2, 0) is 0 Å². The van der Waals surface area contributed by atoms with E-state index in [0.29, 0.717) is 11.3 Å². The first kappa shape index (κ1) is 12.1. The summed E-state index contributed by atoms with van der Waals surface area (Å²) in [6.45, 7) is 1.42. The molecule has 2 aromatic carbocycles. The number of halogens is 1. The molecule has 0 saturated heterocycles. The number of Topliss-reactive ketones (excluding diaryl/α,β-unsaturated/α-hetero) is 1. The van der Waals surface area contributed by atoms with Crippen LogP contribution < -0.4 is 5.32 Å². The lowest BCUT2D eigenvalue weighted by molar-refractivity contribution is 0.101. The van der Waals surface area contributed by atoms with Gasteiger partial charge >= 0.3 is 0 Å². The standard InChI is InChI=1S/C14H12FNO2/c1-9(17)10-5-6-13(15)14(7-10)16-11-3-2-4-12(18)8-11/h2-8,16,18H,1H3. The molecule has 0 aromatic heterocycles. The fourth-order valence-corrected chi connectivity index (χ4v) is 1.58. The van der Waals surface area contributed by atoms with Crippen molar-refractivity contribution in [3.8, 4) is 5.75 Å². The van der Waals surface area contributed by atoms with Crippen LogP contribution >= 0.6 is 0 Å². The summed E-state index contributed by atoms with van der Waals surface area (Å²) in [5.74, 6) is -0.500. The van der Waals surface area contributed by atoms with Gasteiger partial charge in [-0.3, -0.25) is 4.79 Å². The number of benzene rings is 2. The topological polar surface area (TPSA) is 49.3 Å². The number of anilines is 2. The lowest BCUT2D eigenvalue weighted by atomic mass is 10.1. The highest BCUT2D eigenvalue weighted by molar-refractivity contribution is 5.95. The van der Waals surface area contributed by atoms with Gasteiger partial charge in [0, 0.05) is 17.3 Å². The van der Waals surface area contributed by atoms with Crippen LogP contribution in [0, 0.1) is 5.82 Å². The molecule has 0 bridgehead atoms. The molecule has 2 N–H and O–H groups in total. The number of ketones is 1. The highest BCUT2D eigenvalue weighted by Gasteiger charge is 2.07. The Morgan fingerprint density at radius 2 is 2.00 bits per heavy atom. The minimum Gasteiger partial charge on any atom is -0.508 e. The van der Waals surface area contributed by atoms with Crippen molar-refractivity contribution < 1.29 is 14.3 Å². The van der Waals surface area contributed by atoms with Crippen molar-refractivity contribution in [1.29, 1.82) is 0 Å². The second-order valence-corrected chi connectivity index (χ2v) is 3.93. The molecule has 0 atom stereocenters. The Hall–Kier alpha value is -2.36. The molecule has 0 radical (unpaired) electrons. The number of aromatic hydroxyl groups is 1. The SMILES string of the molecule is CC(=O)c1ccc(F)c(Nc2cccc(O)c2)c1. The first-order valence-corrected chi connectivity index (χ1v) is 5.43. The van der Waals surface area contributed by atoms with E-state index in [2.05, 4.69) is 5.32 Å². The number of phenols is 1. The molecule has 4 heteroatoms. The van der Waals surface area contributed by atoms with Gasteiger partial charge in [0.1, 0.15) is 11.6 Å². The molecular weight excluding hydrogens is 233 g/mol. The third-order valence-electron chi connectivity index (χ3n) is 2.50. The Morgan fingerprint density at radius 3 is 2.67 bits per heavy atom. The van der Waals surface area contributed by atoms with E-state index in [-0.39, 0.29) is 17.2 Å². The Morgan fingerprint density at radius 1 is 1.22 bits per heavy atom. The van der Waals surface area contributed by atoms with Crippen LogP contribution in [-0.4, -0.2) is 10.9 Å². The van der Waals surface area contributed by atoms with E-state index in [9.17, 15) is 14.3 Å². The molecule has 0 heterocycles. The average Bonchev–Trinajstić information content (AvgIpc) is 2.31. The van der Waals surface area contributed by atoms with Crippen molar-refractivity contribution in [2.75, 3.05) is 5.32 Å². The molecule has 0 amide bonds. The fraction of sp³-hybridized carbons (Fsp3) is 0.0714. The minimum absolute atomic E-state index is 0.0862. The number of rotatable bonds is 3. The van der Waals surface area contributed by atoms with E-state index in [1.807, 2.05) is 0 Å². The van der Waals surface area contributed by atoms with Crippen molar-refractivity contribution in [3.63, 3.8) is 0 Å². The number of hydrogen-bond acceptors (Lipinski definition) is 3. The minimum atomic E-state index is -0.455. The van der Waals surface area contributed by atoms with Crippen LogP contribution in [0.2, 0.25) is 0 Å². The van der Waals surface area contributed by atoms with Crippen LogP contribution in [0.4, 0.5) is 15.8 Å². The molecule has 92 valence electrons. The molecule has 0 aliphatic carbocycles. The maximum Gasteiger partial charge on any atom is 0.159 e. The van der Waals surface area contributed by atoms with E-state index in [1.165, 1.54) is 37.3 Å². The van der Waals surface area contributed by atoms with Crippen molar-refractivity contribution in [1.82, 2.24) is 0 Å². The van der Waals surface area contributed by atoms with Gasteiger partial charge in [-0.25, -0.2) is 4.39 Å². The van der Waals surface area contributed by atoms with E-state index < -0.39 is 5.82 Å². The summed E-state index contributed by atoms with van der Waals surface area (Å²) in [7, 11) is 0. The molecule has 0 saturated carbocycles. The molecule has 0 aliphatic rings. The second-order valence-electron chi connectivity index (χ2n) is 3.93. The highest BCUT2D eigenvalue weighted by Crippen LogP contribution is 2.23. The smallest absolute Gasteiger partial charge is 0.159 e. The summed E-state index contributed by atoms with van der Waals surface area (Å²) < 4.78 is 13.6. The zero-order valence-electron chi connectivity index (χ0n) is 9.77. The number of hydrogen-bond donors (Lipinski definition) is 2. The number of carbonyl (C=O) groups excluding carboxylic acids is 1. The largest absolute Gasteiger partial charge is 0.508 e. The third kappa shape index (κ3) is 2.66. The van der Waals surface area contributed by atoms with Gasteiger partial charge < -0.3 is 10.4 Å². The van der Waals surface area contributed by atoms with Gasteiger partial charge in [0.05, 0.1) is 5.69 Å². The van der Waals surface area contributed by atoms with E-state index in [4.69, 9.17) is 0 Å². The predicted octanol–water partition coefficient (Wildman–Crippen LogP) is 3.48. The summed E-state index contributed by atoms with van der Waals surface area (Å²) in [6.07, 6.45) is 0. The zero-order valence-corrected chi connectivity index (χ0v) is 9.77. The quantitative estimate of drug-likeness (QED) is 0.814. The first-order chi connectivity index (χ1) is 8.56. The summed E-state index contributed by atoms with van der Waals surface area (Å²) >= 11 is 0. The van der Waals surface area contributed by atoms with E-state index in [0.717, 1.165) is 0 Å². The van der Waals surface area contributed by atoms with Gasteiger partial charge in [0.15, 0.2) is 5.78 Å². The summed E-state index contributed by atoms with van der Waals surface area (Å²) in [5, 5.41) is 12.1. The van der Waals surface area contributed by atoms with Crippen molar-refractivity contribution >= 4 is 17.2 Å². The Labute approximate surface area is 104 Å². The van der Waals surface area contributed by atoms with Gasteiger partial charge in [0.2, 0.25) is 0 Å². The van der Waals surface area contributed by atoms with Crippen molar-refractivity contribution in [2.24, 2.45) is 0 Å². The maximum atomic E-state index is 13.6. The number of carbonyl (C=O) groups is 1. The van der Waals surface area contributed by atoms with Crippen LogP contribution in [0.25, 0.3) is 0 Å². The molecule has 0 fully saturated rings. The second kappa shape index (κ2) is 4.87. The molecular formula is C14H12FNO2. The van der Waals surface area contributed by atoms with Gasteiger partial charge in [-0.05, 0) is 37.3 Å². The normalized spacial score (nSPS) is 10.1. The Balaban J connectivity index is 2.33. The van der Waals surface area contributed by atoms with E-state index >= 15 is 0 Å². The van der Waals surface area contributed by atoms with Crippen LogP contribution in [0.3, 0.4) is 0 Å². The average molecular weight is 245 g/mol. The van der Waals surface area contributed by atoms with E-state index in [1.54, 1.807) is 12.1 Å². The molecule has 0 aliphatic heterocycles. The number of phenolic OH excluding ortho intramolecular Hbond substituents is 1. The van der Waals surface area contributed by atoms with Gasteiger partial charge in [-0.1, -0.05) is 6.07 Å². The van der Waals surface area contributed by atoms with Gasteiger partial charge in [-0.15, -0.1) is 0 Å². The molecule has 2 rings (SSSR count). The van der Waals surface area contributed by atoms with Crippen LogP contribution in [0.5, 0.6) is 5.75 Å². The first-order valence-electron chi connectivity index (χ1n) is 5.43. The summed E-state index contributed by atoms with van der Waals surface area (Å²) in [4.78, 5) is 11.2. The maximum absolute atomic E-state index is 13.6. The fourth-order valence-electron chi connectivity index (χ4n) is 1.58. The van der Waals surface area contributed by atoms with Crippen molar-refractivity contribution in [2.45, 2.75) is 6.92 Å². The third-order valence-corrected chi connectivity index (χ3v) is 2.50.